The van der Waals surface area contributed by atoms with Gasteiger partial charge in [-0.3, -0.25) is 4.79 Å². The van der Waals surface area contributed by atoms with Crippen LogP contribution in [-0.2, 0) is 0 Å². The molecule has 1 aromatic carbocycles. The molecule has 0 spiro atoms. The fraction of sp³-hybridized carbons (Fsp3) is 0.308. The highest BCUT2D eigenvalue weighted by molar-refractivity contribution is 9.10. The molecule has 106 valence electrons. The fourth-order valence-corrected chi connectivity index (χ4v) is 3.13. The average Bonchev–Trinajstić information content (AvgIpc) is 3.02. The predicted octanol–water partition coefficient (Wildman–Crippen LogP) is 1.74. The molecule has 1 aliphatic rings. The SMILES string of the molecule is N[C@@H]1CCN(C(=O)c2cc3cc(Br)c(P)c(F)c3[nH]2)C1. The Balaban J connectivity index is 2.01. The Labute approximate surface area is 126 Å². The number of fused-ring (bicyclic) bond motifs is 1. The maximum absolute atomic E-state index is 14.1. The highest BCUT2D eigenvalue weighted by atomic mass is 79.9. The molecule has 1 aliphatic heterocycles. The summed E-state index contributed by atoms with van der Waals surface area (Å²) in [7, 11) is 2.35. The number of halogens is 2. The zero-order valence-electron chi connectivity index (χ0n) is 10.6. The van der Waals surface area contributed by atoms with Gasteiger partial charge in [-0.1, -0.05) is 15.9 Å². The molecule has 3 rings (SSSR count). The number of benzene rings is 1. The number of H-pyrrole nitrogens is 1. The van der Waals surface area contributed by atoms with Crippen LogP contribution in [0.1, 0.15) is 16.9 Å². The van der Waals surface area contributed by atoms with Crippen LogP contribution in [0.15, 0.2) is 16.6 Å². The van der Waals surface area contributed by atoms with E-state index < -0.39 is 0 Å². The Morgan fingerprint density at radius 2 is 2.30 bits per heavy atom. The van der Waals surface area contributed by atoms with Gasteiger partial charge >= 0.3 is 0 Å². The molecule has 0 saturated carbocycles. The summed E-state index contributed by atoms with van der Waals surface area (Å²) in [5, 5.41) is 1.12. The largest absolute Gasteiger partial charge is 0.348 e. The lowest BCUT2D eigenvalue weighted by molar-refractivity contribution is 0.0786. The second kappa shape index (κ2) is 5.10. The molecule has 1 fully saturated rings. The summed E-state index contributed by atoms with van der Waals surface area (Å²) in [5.74, 6) is -0.494. The van der Waals surface area contributed by atoms with E-state index in [-0.39, 0.29) is 17.8 Å². The van der Waals surface area contributed by atoms with Gasteiger partial charge < -0.3 is 15.6 Å². The first-order valence-electron chi connectivity index (χ1n) is 6.28. The third-order valence-corrected chi connectivity index (χ3v) is 5.23. The Hall–Kier alpha value is -0.970. The zero-order valence-corrected chi connectivity index (χ0v) is 13.4. The van der Waals surface area contributed by atoms with Crippen LogP contribution in [0.3, 0.4) is 0 Å². The number of carbonyl (C=O) groups excluding carboxylic acids is 1. The summed E-state index contributed by atoms with van der Waals surface area (Å²) in [6.07, 6.45) is 0.807. The van der Waals surface area contributed by atoms with Crippen molar-refractivity contribution in [2.75, 3.05) is 13.1 Å². The van der Waals surface area contributed by atoms with Crippen LogP contribution in [0.2, 0.25) is 0 Å². The van der Waals surface area contributed by atoms with Gasteiger partial charge in [-0.05, 0) is 18.6 Å². The lowest BCUT2D eigenvalue weighted by Gasteiger charge is -2.14. The van der Waals surface area contributed by atoms with Crippen molar-refractivity contribution in [2.24, 2.45) is 5.73 Å². The van der Waals surface area contributed by atoms with E-state index in [1.165, 1.54) is 0 Å². The summed E-state index contributed by atoms with van der Waals surface area (Å²) in [5.41, 5.74) is 6.56. The molecule has 2 aromatic rings. The summed E-state index contributed by atoms with van der Waals surface area (Å²) < 4.78 is 14.8. The quantitative estimate of drug-likeness (QED) is 0.763. The van der Waals surface area contributed by atoms with Crippen LogP contribution < -0.4 is 11.0 Å². The number of nitrogens with two attached hydrogens (primary N) is 1. The van der Waals surface area contributed by atoms with E-state index in [9.17, 15) is 9.18 Å². The highest BCUT2D eigenvalue weighted by Crippen LogP contribution is 2.25. The summed E-state index contributed by atoms with van der Waals surface area (Å²) in [4.78, 5) is 16.9. The van der Waals surface area contributed by atoms with E-state index in [1.54, 1.807) is 17.0 Å². The van der Waals surface area contributed by atoms with Crippen molar-refractivity contribution in [3.05, 3.63) is 28.1 Å². The lowest BCUT2D eigenvalue weighted by Crippen LogP contribution is -2.32. The van der Waals surface area contributed by atoms with Gasteiger partial charge in [0.2, 0.25) is 0 Å². The van der Waals surface area contributed by atoms with Crippen molar-refractivity contribution in [3.63, 3.8) is 0 Å². The molecule has 2 atom stereocenters. The first kappa shape index (κ1) is 14.0. The van der Waals surface area contributed by atoms with E-state index in [2.05, 4.69) is 30.2 Å². The monoisotopic (exact) mass is 357 g/mol. The molecule has 0 aliphatic carbocycles. The van der Waals surface area contributed by atoms with Gasteiger partial charge in [-0.15, -0.1) is 9.24 Å². The Kier molecular flexibility index (Phi) is 3.56. The Morgan fingerprint density at radius 3 is 2.95 bits per heavy atom. The number of likely N-dealkylation sites (tertiary alicyclic amines) is 1. The Bertz CT molecular complexity index is 702. The number of hydrogen-bond acceptors (Lipinski definition) is 2. The number of rotatable bonds is 1. The normalized spacial score (nSPS) is 19.0. The Morgan fingerprint density at radius 1 is 1.55 bits per heavy atom. The van der Waals surface area contributed by atoms with Crippen LogP contribution in [0.25, 0.3) is 10.9 Å². The first-order chi connectivity index (χ1) is 9.47. The van der Waals surface area contributed by atoms with Gasteiger partial charge in [0.25, 0.3) is 5.91 Å². The van der Waals surface area contributed by atoms with E-state index in [4.69, 9.17) is 5.73 Å². The van der Waals surface area contributed by atoms with Crippen LogP contribution >= 0.6 is 25.2 Å². The average molecular weight is 358 g/mol. The maximum atomic E-state index is 14.1. The summed E-state index contributed by atoms with van der Waals surface area (Å²) in [6.45, 7) is 1.20. The van der Waals surface area contributed by atoms with Crippen LogP contribution in [0.5, 0.6) is 0 Å². The van der Waals surface area contributed by atoms with Crippen molar-refractivity contribution in [1.82, 2.24) is 9.88 Å². The summed E-state index contributed by atoms with van der Waals surface area (Å²) >= 11 is 3.30. The number of aromatic amines is 1. The van der Waals surface area contributed by atoms with Crippen LogP contribution in [0.4, 0.5) is 4.39 Å². The lowest BCUT2D eigenvalue weighted by atomic mass is 10.2. The number of amides is 1. The molecule has 20 heavy (non-hydrogen) atoms. The number of hydrogen-bond donors (Lipinski definition) is 2. The zero-order chi connectivity index (χ0) is 14.4. The minimum absolute atomic E-state index is 0.0350. The third-order valence-electron chi connectivity index (χ3n) is 3.59. The predicted molar refractivity (Wildman–Crippen MR) is 83.8 cm³/mol. The number of nitrogens with zero attached hydrogens (tertiary/aromatic N) is 1. The molecule has 2 heterocycles. The molecular formula is C13H14BrFN3OP. The van der Waals surface area contributed by atoms with Crippen LogP contribution in [-0.4, -0.2) is 34.9 Å². The van der Waals surface area contributed by atoms with Gasteiger partial charge in [-0.2, -0.15) is 0 Å². The molecule has 0 radical (unpaired) electrons. The van der Waals surface area contributed by atoms with Gasteiger partial charge in [0.1, 0.15) is 5.69 Å². The van der Waals surface area contributed by atoms with Crippen molar-refractivity contribution >= 4 is 47.3 Å². The standard InChI is InChI=1S/C13H14BrFN3OP/c14-8-3-6-4-9(17-11(6)10(15)12(8)20)13(19)18-2-1-7(16)5-18/h3-4,7,17H,1-2,5,16,20H2/t7-/m1/s1. The highest BCUT2D eigenvalue weighted by Gasteiger charge is 2.26. The smallest absolute Gasteiger partial charge is 0.270 e. The van der Waals surface area contributed by atoms with Gasteiger partial charge in [0, 0.05) is 34.3 Å². The van der Waals surface area contributed by atoms with E-state index >= 15 is 0 Å². The maximum Gasteiger partial charge on any atom is 0.270 e. The molecule has 3 N–H and O–H groups in total. The van der Waals surface area contributed by atoms with Crippen molar-refractivity contribution < 1.29 is 9.18 Å². The first-order valence-corrected chi connectivity index (χ1v) is 7.65. The number of carbonyl (C=O) groups is 1. The van der Waals surface area contributed by atoms with Gasteiger partial charge in [0.05, 0.1) is 5.52 Å². The fourth-order valence-electron chi connectivity index (χ4n) is 2.48. The molecule has 7 heteroatoms. The van der Waals surface area contributed by atoms with Crippen LogP contribution in [0, 0.1) is 5.82 Å². The van der Waals surface area contributed by atoms with Crippen molar-refractivity contribution in [3.8, 4) is 0 Å². The molecule has 0 bridgehead atoms. The molecule has 4 nitrogen and oxygen atoms in total. The van der Waals surface area contributed by atoms with Gasteiger partial charge in [0.15, 0.2) is 5.82 Å². The van der Waals surface area contributed by atoms with Crippen molar-refractivity contribution in [1.29, 1.82) is 0 Å². The molecule has 1 unspecified atom stereocenters. The van der Waals surface area contributed by atoms with E-state index in [1.807, 2.05) is 0 Å². The molecule has 1 aromatic heterocycles. The van der Waals surface area contributed by atoms with E-state index in [0.717, 1.165) is 6.42 Å². The number of aromatic nitrogens is 1. The minimum Gasteiger partial charge on any atom is -0.348 e. The topological polar surface area (TPSA) is 62.1 Å². The second-order valence-corrected chi connectivity index (χ2v) is 6.46. The van der Waals surface area contributed by atoms with E-state index in [0.29, 0.717) is 39.5 Å². The molecule has 1 amide bonds. The minimum atomic E-state index is -0.364. The summed E-state index contributed by atoms with van der Waals surface area (Å²) in [6, 6.07) is 3.51. The third kappa shape index (κ3) is 2.26. The number of nitrogens with one attached hydrogen (secondary N) is 1. The van der Waals surface area contributed by atoms with Crippen molar-refractivity contribution in [2.45, 2.75) is 12.5 Å². The van der Waals surface area contributed by atoms with Gasteiger partial charge in [-0.25, -0.2) is 4.39 Å². The second-order valence-electron chi connectivity index (χ2n) is 5.03. The molecule has 1 saturated heterocycles. The molecular weight excluding hydrogens is 344 g/mol.